The molecule has 1 heterocycles. The molecule has 0 aromatic heterocycles. The van der Waals surface area contributed by atoms with Gasteiger partial charge >= 0.3 is 0 Å². The maximum atomic E-state index is 11.3. The molecule has 1 aromatic rings. The van der Waals surface area contributed by atoms with Crippen LogP contribution in [0.4, 0.5) is 11.4 Å². The molecule has 5 nitrogen and oxygen atoms in total. The zero-order valence-electron chi connectivity index (χ0n) is 11.3. The van der Waals surface area contributed by atoms with Crippen molar-refractivity contribution < 1.29 is 9.53 Å². The number of amides is 1. The van der Waals surface area contributed by atoms with Crippen molar-refractivity contribution >= 4 is 17.3 Å². The molecule has 19 heavy (non-hydrogen) atoms. The molecule has 5 heteroatoms. The molecule has 0 bridgehead atoms. The SMILES string of the molecule is COCC1CCCN(c2cc(C(N)=O)ccc2N)C1. The molecule has 4 N–H and O–H groups in total. The van der Waals surface area contributed by atoms with Crippen LogP contribution in [0.25, 0.3) is 0 Å². The van der Waals surface area contributed by atoms with Gasteiger partial charge < -0.3 is 21.1 Å². The fraction of sp³-hybridized carbons (Fsp3) is 0.500. The predicted octanol–water partition coefficient (Wildman–Crippen LogP) is 1.23. The number of ether oxygens (including phenoxy) is 1. The number of rotatable bonds is 4. The summed E-state index contributed by atoms with van der Waals surface area (Å²) in [5, 5.41) is 0. The molecular weight excluding hydrogens is 242 g/mol. The molecule has 0 spiro atoms. The van der Waals surface area contributed by atoms with Crippen molar-refractivity contribution in [2.45, 2.75) is 12.8 Å². The molecule has 1 unspecified atom stereocenters. The maximum absolute atomic E-state index is 11.3. The van der Waals surface area contributed by atoms with Crippen molar-refractivity contribution in [3.05, 3.63) is 23.8 Å². The number of nitrogen functional groups attached to an aromatic ring is 1. The van der Waals surface area contributed by atoms with E-state index >= 15 is 0 Å². The summed E-state index contributed by atoms with van der Waals surface area (Å²) < 4.78 is 5.23. The fourth-order valence-corrected chi connectivity index (χ4v) is 2.63. The van der Waals surface area contributed by atoms with E-state index in [2.05, 4.69) is 4.90 Å². The number of piperidine rings is 1. The van der Waals surface area contributed by atoms with Gasteiger partial charge in [0.2, 0.25) is 5.91 Å². The second-order valence-corrected chi connectivity index (χ2v) is 5.05. The van der Waals surface area contributed by atoms with Gasteiger partial charge in [-0.2, -0.15) is 0 Å². The number of carbonyl (C=O) groups excluding carboxylic acids is 1. The van der Waals surface area contributed by atoms with Crippen LogP contribution in [-0.4, -0.2) is 32.7 Å². The number of benzene rings is 1. The summed E-state index contributed by atoms with van der Waals surface area (Å²) in [5.41, 5.74) is 13.4. The van der Waals surface area contributed by atoms with Gasteiger partial charge in [0.25, 0.3) is 0 Å². The van der Waals surface area contributed by atoms with Crippen molar-refractivity contribution in [2.75, 3.05) is 37.4 Å². The highest BCUT2D eigenvalue weighted by Crippen LogP contribution is 2.29. The number of hydrogen-bond acceptors (Lipinski definition) is 4. The Balaban J connectivity index is 2.20. The number of anilines is 2. The molecule has 1 amide bonds. The number of methoxy groups -OCH3 is 1. The Hall–Kier alpha value is -1.75. The summed E-state index contributed by atoms with van der Waals surface area (Å²) in [4.78, 5) is 13.5. The van der Waals surface area contributed by atoms with Crippen LogP contribution in [0.3, 0.4) is 0 Å². The van der Waals surface area contributed by atoms with Crippen LogP contribution >= 0.6 is 0 Å². The molecular formula is C14H21N3O2. The van der Waals surface area contributed by atoms with Gasteiger partial charge in [-0.25, -0.2) is 0 Å². The van der Waals surface area contributed by atoms with E-state index in [4.69, 9.17) is 16.2 Å². The van der Waals surface area contributed by atoms with E-state index in [-0.39, 0.29) is 0 Å². The van der Waals surface area contributed by atoms with Crippen molar-refractivity contribution in [3.63, 3.8) is 0 Å². The zero-order valence-corrected chi connectivity index (χ0v) is 11.3. The lowest BCUT2D eigenvalue weighted by Gasteiger charge is -2.35. The normalized spacial score (nSPS) is 19.4. The lowest BCUT2D eigenvalue weighted by atomic mass is 9.98. The molecule has 2 rings (SSSR count). The summed E-state index contributed by atoms with van der Waals surface area (Å²) in [6.45, 7) is 2.61. The number of nitrogens with zero attached hydrogens (tertiary/aromatic N) is 1. The number of carbonyl (C=O) groups is 1. The van der Waals surface area contributed by atoms with Crippen LogP contribution in [0.15, 0.2) is 18.2 Å². The minimum Gasteiger partial charge on any atom is -0.397 e. The molecule has 104 valence electrons. The van der Waals surface area contributed by atoms with Crippen LogP contribution in [0.5, 0.6) is 0 Å². The maximum Gasteiger partial charge on any atom is 0.248 e. The van der Waals surface area contributed by atoms with Crippen molar-refractivity contribution in [1.29, 1.82) is 0 Å². The molecule has 1 aliphatic heterocycles. The monoisotopic (exact) mass is 263 g/mol. The van der Waals surface area contributed by atoms with Crippen LogP contribution in [0.2, 0.25) is 0 Å². The minimum atomic E-state index is -0.424. The van der Waals surface area contributed by atoms with E-state index in [0.717, 1.165) is 31.8 Å². The Morgan fingerprint density at radius 1 is 1.53 bits per heavy atom. The first-order valence-corrected chi connectivity index (χ1v) is 6.55. The molecule has 0 saturated carbocycles. The van der Waals surface area contributed by atoms with Gasteiger partial charge in [0.05, 0.1) is 18.0 Å². The lowest BCUT2D eigenvalue weighted by Crippen LogP contribution is -2.37. The summed E-state index contributed by atoms with van der Waals surface area (Å²) >= 11 is 0. The van der Waals surface area contributed by atoms with Crippen LogP contribution in [0, 0.1) is 5.92 Å². The van der Waals surface area contributed by atoms with E-state index in [1.165, 1.54) is 6.42 Å². The summed E-state index contributed by atoms with van der Waals surface area (Å²) in [7, 11) is 1.72. The third-order valence-corrected chi connectivity index (χ3v) is 3.58. The van der Waals surface area contributed by atoms with Gasteiger partial charge in [-0.3, -0.25) is 4.79 Å². The van der Waals surface area contributed by atoms with E-state index < -0.39 is 5.91 Å². The molecule has 1 aliphatic rings. The first-order valence-electron chi connectivity index (χ1n) is 6.55. The standard InChI is InChI=1S/C14H21N3O2/c1-19-9-10-3-2-6-17(8-10)13-7-11(14(16)18)4-5-12(13)15/h4-5,7,10H,2-3,6,8-9,15H2,1H3,(H2,16,18). The highest BCUT2D eigenvalue weighted by Gasteiger charge is 2.21. The minimum absolute atomic E-state index is 0.424. The lowest BCUT2D eigenvalue weighted by molar-refractivity contribution is 0.100. The first-order chi connectivity index (χ1) is 9.11. The highest BCUT2D eigenvalue weighted by atomic mass is 16.5. The quantitative estimate of drug-likeness (QED) is 0.801. The Labute approximate surface area is 113 Å². The van der Waals surface area contributed by atoms with Gasteiger partial charge in [-0.1, -0.05) is 0 Å². The van der Waals surface area contributed by atoms with Crippen LogP contribution < -0.4 is 16.4 Å². The smallest absolute Gasteiger partial charge is 0.248 e. The third kappa shape index (κ3) is 3.17. The Morgan fingerprint density at radius 2 is 2.32 bits per heavy atom. The third-order valence-electron chi connectivity index (χ3n) is 3.58. The molecule has 0 aliphatic carbocycles. The van der Waals surface area contributed by atoms with Gasteiger partial charge in [0.1, 0.15) is 0 Å². The van der Waals surface area contributed by atoms with Crippen LogP contribution in [-0.2, 0) is 4.74 Å². The molecule has 1 saturated heterocycles. The first kappa shape index (κ1) is 13.7. The fourth-order valence-electron chi connectivity index (χ4n) is 2.63. The topological polar surface area (TPSA) is 81.6 Å². The van der Waals surface area contributed by atoms with Crippen molar-refractivity contribution in [3.8, 4) is 0 Å². The van der Waals surface area contributed by atoms with E-state index in [1.807, 2.05) is 0 Å². The van der Waals surface area contributed by atoms with Crippen LogP contribution in [0.1, 0.15) is 23.2 Å². The van der Waals surface area contributed by atoms with Crippen molar-refractivity contribution in [1.82, 2.24) is 0 Å². The Kier molecular flexibility index (Phi) is 4.27. The van der Waals surface area contributed by atoms with E-state index in [1.54, 1.807) is 25.3 Å². The number of nitrogens with two attached hydrogens (primary N) is 2. The van der Waals surface area contributed by atoms with E-state index in [9.17, 15) is 4.79 Å². The Bertz CT molecular complexity index is 460. The molecule has 1 fully saturated rings. The summed E-state index contributed by atoms with van der Waals surface area (Å²) in [6, 6.07) is 5.19. The number of primary amides is 1. The molecule has 1 atom stereocenters. The summed E-state index contributed by atoms with van der Waals surface area (Å²) in [6.07, 6.45) is 2.27. The van der Waals surface area contributed by atoms with E-state index in [0.29, 0.717) is 17.2 Å². The predicted molar refractivity (Wildman–Crippen MR) is 76.2 cm³/mol. The van der Waals surface area contributed by atoms with Gasteiger partial charge in [0, 0.05) is 25.8 Å². The average molecular weight is 263 g/mol. The average Bonchev–Trinajstić information content (AvgIpc) is 2.39. The van der Waals surface area contributed by atoms with Gasteiger partial charge in [0.15, 0.2) is 0 Å². The molecule has 0 radical (unpaired) electrons. The second kappa shape index (κ2) is 5.93. The van der Waals surface area contributed by atoms with Crippen molar-refractivity contribution in [2.24, 2.45) is 11.7 Å². The second-order valence-electron chi connectivity index (χ2n) is 5.05. The molecule has 1 aromatic carbocycles. The highest BCUT2D eigenvalue weighted by molar-refractivity contribution is 5.95. The summed E-state index contributed by atoms with van der Waals surface area (Å²) in [5.74, 6) is 0.0853. The largest absolute Gasteiger partial charge is 0.397 e. The zero-order chi connectivity index (χ0) is 13.8. The number of hydrogen-bond donors (Lipinski definition) is 2. The van der Waals surface area contributed by atoms with Gasteiger partial charge in [-0.05, 0) is 37.0 Å². The Morgan fingerprint density at radius 3 is 3.00 bits per heavy atom. The van der Waals surface area contributed by atoms with Gasteiger partial charge in [-0.15, -0.1) is 0 Å².